The Kier molecular flexibility index (Phi) is 8.10. The van der Waals surface area contributed by atoms with Crippen molar-refractivity contribution >= 4 is 31.1 Å². The third kappa shape index (κ3) is 5.45. The zero-order valence-corrected chi connectivity index (χ0v) is 22.6. The molecular formula is C31H34O5Si. The van der Waals surface area contributed by atoms with Crippen molar-refractivity contribution in [1.29, 1.82) is 0 Å². The number of hydrogen-bond acceptors (Lipinski definition) is 5. The van der Waals surface area contributed by atoms with Gasteiger partial charge in [0.15, 0.2) is 0 Å². The summed E-state index contributed by atoms with van der Waals surface area (Å²) >= 11 is 0. The quantitative estimate of drug-likeness (QED) is 0.176. The van der Waals surface area contributed by atoms with Gasteiger partial charge in [-0.2, -0.15) is 0 Å². The van der Waals surface area contributed by atoms with E-state index < -0.39 is 26.5 Å². The minimum absolute atomic E-state index is 0.204. The Morgan fingerprint density at radius 1 is 0.919 bits per heavy atom. The molecule has 0 amide bonds. The Balaban J connectivity index is 1.69. The highest BCUT2D eigenvalue weighted by atomic mass is 28.4. The Morgan fingerprint density at radius 2 is 1.43 bits per heavy atom. The third-order valence-corrected chi connectivity index (χ3v) is 12.2. The number of rotatable bonds is 9. The highest BCUT2D eigenvalue weighted by Gasteiger charge is 2.52. The van der Waals surface area contributed by atoms with Crippen LogP contribution >= 0.6 is 0 Å². The molecule has 0 aromatic heterocycles. The van der Waals surface area contributed by atoms with Crippen LogP contribution in [0.1, 0.15) is 37.6 Å². The van der Waals surface area contributed by atoms with Gasteiger partial charge in [0, 0.05) is 18.9 Å². The summed E-state index contributed by atoms with van der Waals surface area (Å²) in [5.74, 6) is -0.736. The first-order chi connectivity index (χ1) is 17.8. The maximum Gasteiger partial charge on any atom is 0.338 e. The van der Waals surface area contributed by atoms with E-state index in [4.69, 9.17) is 13.9 Å². The summed E-state index contributed by atoms with van der Waals surface area (Å²) in [6, 6.07) is 29.6. The molecule has 5 nitrogen and oxygen atoms in total. The van der Waals surface area contributed by atoms with E-state index in [0.29, 0.717) is 24.0 Å². The summed E-state index contributed by atoms with van der Waals surface area (Å²) in [5.41, 5.74) is 1.18. The fraction of sp³-hybridized carbons (Fsp3) is 0.290. The molecule has 192 valence electrons. The molecule has 1 saturated carbocycles. The molecule has 6 heteroatoms. The molecule has 3 aromatic carbocycles. The Hall–Kier alpha value is -3.48. The summed E-state index contributed by atoms with van der Waals surface area (Å²) in [6.07, 6.45) is -0.701. The van der Waals surface area contributed by atoms with E-state index in [1.807, 2.05) is 42.5 Å². The molecule has 0 bridgehead atoms. The molecule has 4 rings (SSSR count). The number of esters is 1. The van der Waals surface area contributed by atoms with Gasteiger partial charge >= 0.3 is 5.97 Å². The fourth-order valence-electron chi connectivity index (χ4n) is 5.31. The molecule has 0 unspecified atom stereocenters. The monoisotopic (exact) mass is 514 g/mol. The largest absolute Gasteiger partial charge is 0.460 e. The second kappa shape index (κ2) is 11.3. The Morgan fingerprint density at radius 3 is 1.92 bits per heavy atom. The molecule has 3 atom stereocenters. The third-order valence-electron chi connectivity index (χ3n) is 7.17. The number of hydrogen-bond donors (Lipinski definition) is 0. The normalized spacial score (nSPS) is 19.9. The molecule has 0 spiro atoms. The van der Waals surface area contributed by atoms with E-state index in [1.165, 1.54) is 0 Å². The summed E-state index contributed by atoms with van der Waals surface area (Å²) < 4.78 is 18.4. The van der Waals surface area contributed by atoms with Gasteiger partial charge in [-0.3, -0.25) is 4.79 Å². The van der Waals surface area contributed by atoms with Crippen LogP contribution < -0.4 is 10.4 Å². The van der Waals surface area contributed by atoms with Crippen LogP contribution in [0.3, 0.4) is 0 Å². The van der Waals surface area contributed by atoms with Gasteiger partial charge in [0.25, 0.3) is 14.8 Å². The van der Waals surface area contributed by atoms with Gasteiger partial charge in [-0.25, -0.2) is 4.79 Å². The molecule has 1 fully saturated rings. The Labute approximate surface area is 220 Å². The van der Waals surface area contributed by atoms with Crippen LogP contribution in [0.5, 0.6) is 0 Å². The van der Waals surface area contributed by atoms with E-state index in [9.17, 15) is 9.59 Å². The number of ether oxygens (including phenoxy) is 2. The van der Waals surface area contributed by atoms with E-state index in [0.717, 1.165) is 10.4 Å². The highest BCUT2D eigenvalue weighted by Crippen LogP contribution is 2.40. The van der Waals surface area contributed by atoms with E-state index in [1.54, 1.807) is 24.3 Å². The van der Waals surface area contributed by atoms with Gasteiger partial charge in [-0.05, 0) is 33.1 Å². The van der Waals surface area contributed by atoms with Crippen molar-refractivity contribution in [3.05, 3.63) is 109 Å². The standard InChI is InChI=1S/C31H34O5Si/c1-23-27(29(20-28(23)34-22-32)36-30(33)24-14-8-5-9-15-24)21-35-37(31(2,3)4,25-16-10-6-11-17-25)26-18-12-7-13-19-26/h5-19,22,27-29H,1,20-21H2,2-4H3/t27-,28+,29-/m0/s1. The molecular weight excluding hydrogens is 480 g/mol. The van der Waals surface area contributed by atoms with Crippen LogP contribution in [0.15, 0.2) is 103 Å². The van der Waals surface area contributed by atoms with Crippen LogP contribution in [0.4, 0.5) is 0 Å². The summed E-state index contributed by atoms with van der Waals surface area (Å²) in [7, 11) is -2.81. The van der Waals surface area contributed by atoms with Gasteiger partial charge in [0.2, 0.25) is 0 Å². The maximum atomic E-state index is 12.9. The van der Waals surface area contributed by atoms with Crippen molar-refractivity contribution in [3.8, 4) is 0 Å². The molecule has 3 aromatic rings. The lowest BCUT2D eigenvalue weighted by molar-refractivity contribution is -0.132. The van der Waals surface area contributed by atoms with Crippen molar-refractivity contribution in [1.82, 2.24) is 0 Å². The highest BCUT2D eigenvalue weighted by molar-refractivity contribution is 6.99. The summed E-state index contributed by atoms with van der Waals surface area (Å²) in [5, 5.41) is 2.12. The average Bonchev–Trinajstić information content (AvgIpc) is 3.19. The maximum absolute atomic E-state index is 12.9. The predicted molar refractivity (Wildman–Crippen MR) is 147 cm³/mol. The molecule has 0 saturated heterocycles. The SMILES string of the molecule is C=C1[C@H](OC=O)C[C@H](OC(=O)c2ccccc2)[C@H]1CO[Si](c1ccccc1)(c1ccccc1)C(C)(C)C. The van der Waals surface area contributed by atoms with Crippen LogP contribution in [-0.2, 0) is 18.7 Å². The van der Waals surface area contributed by atoms with Crippen LogP contribution in [0.2, 0.25) is 5.04 Å². The second-order valence-electron chi connectivity index (χ2n) is 10.4. The van der Waals surface area contributed by atoms with Crippen molar-refractivity contribution in [2.75, 3.05) is 6.61 Å². The van der Waals surface area contributed by atoms with E-state index in [-0.39, 0.29) is 17.6 Å². The first-order valence-corrected chi connectivity index (χ1v) is 14.5. The van der Waals surface area contributed by atoms with Crippen LogP contribution in [0, 0.1) is 5.92 Å². The van der Waals surface area contributed by atoms with Crippen LogP contribution in [-0.4, -0.2) is 39.6 Å². The molecule has 0 radical (unpaired) electrons. The predicted octanol–water partition coefficient (Wildman–Crippen LogP) is 4.91. The first kappa shape index (κ1) is 26.6. The van der Waals surface area contributed by atoms with Gasteiger partial charge in [-0.15, -0.1) is 0 Å². The lowest BCUT2D eigenvalue weighted by atomic mass is 10.0. The molecule has 37 heavy (non-hydrogen) atoms. The fourth-order valence-corrected chi connectivity index (χ4v) is 9.90. The first-order valence-electron chi connectivity index (χ1n) is 12.6. The number of carbonyl (C=O) groups excluding carboxylic acids is 2. The summed E-state index contributed by atoms with van der Waals surface area (Å²) in [6.45, 7) is 11.6. The molecule has 1 aliphatic rings. The lowest BCUT2D eigenvalue weighted by Crippen LogP contribution is -2.67. The second-order valence-corrected chi connectivity index (χ2v) is 14.7. The van der Waals surface area contributed by atoms with Crippen molar-refractivity contribution in [3.63, 3.8) is 0 Å². The molecule has 1 aliphatic carbocycles. The molecule has 0 heterocycles. The molecule has 0 aliphatic heterocycles. The van der Waals surface area contributed by atoms with Crippen molar-refractivity contribution < 1.29 is 23.5 Å². The van der Waals surface area contributed by atoms with E-state index in [2.05, 4.69) is 51.6 Å². The lowest BCUT2D eigenvalue weighted by Gasteiger charge is -2.43. The smallest absolute Gasteiger partial charge is 0.338 e. The zero-order chi connectivity index (χ0) is 26.5. The number of carbonyl (C=O) groups is 2. The minimum atomic E-state index is -2.81. The average molecular weight is 515 g/mol. The van der Waals surface area contributed by atoms with Crippen molar-refractivity contribution in [2.45, 2.75) is 44.4 Å². The van der Waals surface area contributed by atoms with Crippen molar-refractivity contribution in [2.24, 2.45) is 5.92 Å². The Bertz CT molecular complexity index is 1170. The van der Waals surface area contributed by atoms with Gasteiger partial charge in [0.1, 0.15) is 12.2 Å². The molecule has 0 N–H and O–H groups in total. The number of benzene rings is 3. The topological polar surface area (TPSA) is 61.8 Å². The minimum Gasteiger partial charge on any atom is -0.460 e. The summed E-state index contributed by atoms with van der Waals surface area (Å²) in [4.78, 5) is 24.1. The zero-order valence-electron chi connectivity index (χ0n) is 21.6. The van der Waals surface area contributed by atoms with Gasteiger partial charge < -0.3 is 13.9 Å². The van der Waals surface area contributed by atoms with Gasteiger partial charge in [0.05, 0.1) is 5.56 Å². The van der Waals surface area contributed by atoms with E-state index >= 15 is 0 Å². The van der Waals surface area contributed by atoms with Gasteiger partial charge in [-0.1, -0.05) is 106 Å². The van der Waals surface area contributed by atoms with Crippen LogP contribution in [0.25, 0.3) is 0 Å².